The van der Waals surface area contributed by atoms with Crippen molar-refractivity contribution in [2.75, 3.05) is 0 Å². The van der Waals surface area contributed by atoms with Gasteiger partial charge in [0.15, 0.2) is 0 Å². The SMILES string of the molecule is c1ccc2[se+]cccc2c1. The van der Waals surface area contributed by atoms with Gasteiger partial charge in [-0.15, -0.1) is 0 Å². The van der Waals surface area contributed by atoms with Crippen molar-refractivity contribution >= 4 is 24.1 Å². The van der Waals surface area contributed by atoms with Crippen molar-refractivity contribution in [2.45, 2.75) is 0 Å². The molecule has 0 bridgehead atoms. The molecule has 2 rings (SSSR count). The van der Waals surface area contributed by atoms with Gasteiger partial charge in [-0.1, -0.05) is 0 Å². The zero-order valence-electron chi connectivity index (χ0n) is 5.45. The Morgan fingerprint density at radius 1 is 0.900 bits per heavy atom. The summed E-state index contributed by atoms with van der Waals surface area (Å²) in [4.78, 5) is 2.25. The van der Waals surface area contributed by atoms with E-state index in [9.17, 15) is 0 Å². The normalized spacial score (nSPS) is 10.0. The fourth-order valence-electron chi connectivity index (χ4n) is 0.981. The molecular weight excluding hydrogens is 187 g/mol. The monoisotopic (exact) mass is 195 g/mol. The summed E-state index contributed by atoms with van der Waals surface area (Å²) >= 11 is 0.575. The van der Waals surface area contributed by atoms with Gasteiger partial charge < -0.3 is 0 Å². The zero-order valence-corrected chi connectivity index (χ0v) is 7.16. The number of hydrogen-bond donors (Lipinski definition) is 0. The van der Waals surface area contributed by atoms with Gasteiger partial charge in [0.25, 0.3) is 0 Å². The Morgan fingerprint density at radius 2 is 1.70 bits per heavy atom. The van der Waals surface area contributed by atoms with Gasteiger partial charge in [-0.2, -0.15) is 0 Å². The minimum atomic E-state index is 0.575. The van der Waals surface area contributed by atoms with E-state index >= 15 is 0 Å². The second kappa shape index (κ2) is 2.53. The number of benzene rings is 1. The second-order valence-corrected chi connectivity index (χ2v) is 4.14. The van der Waals surface area contributed by atoms with Crippen LogP contribution in [0, 0.1) is 0 Å². The van der Waals surface area contributed by atoms with Crippen molar-refractivity contribution in [2.24, 2.45) is 0 Å². The summed E-state index contributed by atoms with van der Waals surface area (Å²) < 4.78 is 1.50. The van der Waals surface area contributed by atoms with Crippen LogP contribution in [0.15, 0.2) is 41.3 Å². The summed E-state index contributed by atoms with van der Waals surface area (Å²) in [6, 6.07) is 12.9. The molecule has 0 nitrogen and oxygen atoms in total. The molecular formula is C9H7Se+. The average molecular weight is 194 g/mol. The van der Waals surface area contributed by atoms with Crippen LogP contribution in [0.2, 0.25) is 0 Å². The van der Waals surface area contributed by atoms with E-state index in [4.69, 9.17) is 0 Å². The molecule has 0 aliphatic heterocycles. The molecule has 48 valence electrons. The third-order valence-corrected chi connectivity index (χ3v) is 3.40. The predicted molar refractivity (Wildman–Crippen MR) is 45.3 cm³/mol. The van der Waals surface area contributed by atoms with Crippen LogP contribution >= 0.6 is 0 Å². The molecule has 1 aromatic carbocycles. The summed E-state index contributed by atoms with van der Waals surface area (Å²) in [7, 11) is 0. The molecule has 0 aliphatic carbocycles. The Balaban J connectivity index is 2.89. The van der Waals surface area contributed by atoms with E-state index in [0.29, 0.717) is 14.5 Å². The molecule has 10 heavy (non-hydrogen) atoms. The summed E-state index contributed by atoms with van der Waals surface area (Å²) in [5, 5.41) is 1.39. The van der Waals surface area contributed by atoms with Gasteiger partial charge in [0.1, 0.15) is 0 Å². The molecule has 1 heterocycles. The van der Waals surface area contributed by atoms with E-state index in [1.165, 1.54) is 9.65 Å². The quantitative estimate of drug-likeness (QED) is 0.564. The van der Waals surface area contributed by atoms with E-state index in [2.05, 4.69) is 41.3 Å². The van der Waals surface area contributed by atoms with Crippen LogP contribution < -0.4 is 0 Å². The predicted octanol–water partition coefficient (Wildman–Crippen LogP) is 2.18. The number of hydrogen-bond acceptors (Lipinski definition) is 0. The fourth-order valence-corrected chi connectivity index (χ4v) is 2.52. The van der Waals surface area contributed by atoms with Crippen molar-refractivity contribution < 1.29 is 0 Å². The van der Waals surface area contributed by atoms with Gasteiger partial charge in [0, 0.05) is 0 Å². The minimum absolute atomic E-state index is 0.575. The molecule has 0 spiro atoms. The topological polar surface area (TPSA) is 0 Å². The Hall–Kier alpha value is -0.651. The Labute approximate surface area is 65.9 Å². The molecule has 0 N–H and O–H groups in total. The average Bonchev–Trinajstić information content (AvgIpc) is 2.05. The first-order valence-electron chi connectivity index (χ1n) is 3.22. The Morgan fingerprint density at radius 3 is 2.60 bits per heavy atom. The standard InChI is InChI=1S/C9H7Se/c1-2-6-9-8(4-1)5-3-7-10-9/h1-7H/q+1. The molecule has 0 radical (unpaired) electrons. The van der Waals surface area contributed by atoms with Crippen LogP contribution in [0.3, 0.4) is 0 Å². The van der Waals surface area contributed by atoms with E-state index in [1.807, 2.05) is 0 Å². The molecule has 0 saturated heterocycles. The molecule has 2 aromatic rings. The van der Waals surface area contributed by atoms with Gasteiger partial charge in [-0.3, -0.25) is 0 Å². The third kappa shape index (κ3) is 0.984. The Kier molecular flexibility index (Phi) is 1.54. The van der Waals surface area contributed by atoms with Gasteiger partial charge >= 0.3 is 65.5 Å². The maximum absolute atomic E-state index is 2.25. The van der Waals surface area contributed by atoms with E-state index in [1.54, 1.807) is 0 Å². The molecule has 1 heteroatoms. The summed E-state index contributed by atoms with van der Waals surface area (Å²) in [5.74, 6) is 0. The molecule has 0 saturated carbocycles. The molecule has 0 unspecified atom stereocenters. The van der Waals surface area contributed by atoms with E-state index in [-0.39, 0.29) is 0 Å². The number of fused-ring (bicyclic) bond motifs is 1. The van der Waals surface area contributed by atoms with Crippen LogP contribution in [-0.4, -0.2) is 14.5 Å². The van der Waals surface area contributed by atoms with Crippen LogP contribution in [0.25, 0.3) is 9.65 Å². The number of rotatable bonds is 0. The van der Waals surface area contributed by atoms with Crippen LogP contribution in [0.1, 0.15) is 0 Å². The summed E-state index contributed by atoms with van der Waals surface area (Å²) in [6.07, 6.45) is 0. The first-order valence-corrected chi connectivity index (χ1v) is 5.07. The van der Waals surface area contributed by atoms with E-state index in [0.717, 1.165) is 0 Å². The molecule has 1 aromatic heterocycles. The first-order chi connectivity index (χ1) is 4.97. The summed E-state index contributed by atoms with van der Waals surface area (Å²) in [6.45, 7) is 0. The third-order valence-electron chi connectivity index (χ3n) is 1.47. The van der Waals surface area contributed by atoms with Gasteiger partial charge in [0.2, 0.25) is 0 Å². The van der Waals surface area contributed by atoms with Crippen LogP contribution in [0.4, 0.5) is 0 Å². The van der Waals surface area contributed by atoms with Gasteiger partial charge in [-0.05, 0) is 0 Å². The van der Waals surface area contributed by atoms with Crippen LogP contribution in [0.5, 0.6) is 0 Å². The van der Waals surface area contributed by atoms with Crippen molar-refractivity contribution in [3.63, 3.8) is 0 Å². The van der Waals surface area contributed by atoms with Crippen LogP contribution in [-0.2, 0) is 0 Å². The first kappa shape index (κ1) is 6.09. The fraction of sp³-hybridized carbons (Fsp3) is 0. The zero-order chi connectivity index (χ0) is 6.81. The van der Waals surface area contributed by atoms with E-state index < -0.39 is 0 Å². The van der Waals surface area contributed by atoms with Crippen molar-refractivity contribution in [3.05, 3.63) is 41.3 Å². The molecule has 0 aliphatic rings. The van der Waals surface area contributed by atoms with Gasteiger partial charge in [0.05, 0.1) is 0 Å². The second-order valence-electron chi connectivity index (χ2n) is 2.15. The molecule has 0 amide bonds. The molecule has 0 fully saturated rings. The van der Waals surface area contributed by atoms with Gasteiger partial charge in [-0.25, -0.2) is 0 Å². The van der Waals surface area contributed by atoms with Crippen molar-refractivity contribution in [1.82, 2.24) is 0 Å². The maximum atomic E-state index is 2.25. The summed E-state index contributed by atoms with van der Waals surface area (Å²) in [5.41, 5.74) is 0. The van der Waals surface area contributed by atoms with Crippen molar-refractivity contribution in [3.8, 4) is 0 Å². The molecule has 0 atom stereocenters. The Bertz CT molecular complexity index is 276. The van der Waals surface area contributed by atoms with Crippen molar-refractivity contribution in [1.29, 1.82) is 0 Å².